The number of hydrazone groups is 1. The lowest BCUT2D eigenvalue weighted by atomic mass is 10.2. The first-order valence-corrected chi connectivity index (χ1v) is 6.51. The maximum Gasteiger partial charge on any atom is 0.341 e. The molecule has 2 aromatic carbocycles. The monoisotopic (exact) mass is 304 g/mol. The van der Waals surface area contributed by atoms with Crippen molar-refractivity contribution < 1.29 is 14.6 Å². The smallest absolute Gasteiger partial charge is 0.341 e. The van der Waals surface area contributed by atoms with E-state index in [1.54, 1.807) is 36.5 Å². The number of nitrogens with zero attached hydrogens (tertiary/aromatic N) is 1. The Hall–Kier alpha value is -2.53. The van der Waals surface area contributed by atoms with Crippen LogP contribution in [0, 0.1) is 0 Å². The van der Waals surface area contributed by atoms with Crippen molar-refractivity contribution in [3.8, 4) is 5.75 Å². The minimum absolute atomic E-state index is 0.396. The van der Waals surface area contributed by atoms with Crippen molar-refractivity contribution in [1.82, 2.24) is 0 Å². The summed E-state index contributed by atoms with van der Waals surface area (Å²) >= 11 is 5.87. The normalized spacial score (nSPS) is 10.5. The summed E-state index contributed by atoms with van der Waals surface area (Å²) in [5.74, 6) is -0.574. The number of aliphatic carboxylic acids is 1. The number of carbonyl (C=O) groups is 1. The van der Waals surface area contributed by atoms with Crippen LogP contribution in [0.4, 0.5) is 5.69 Å². The molecule has 0 heterocycles. The average molecular weight is 305 g/mol. The van der Waals surface area contributed by atoms with Crippen LogP contribution in [0.15, 0.2) is 53.6 Å². The molecule has 5 nitrogen and oxygen atoms in total. The number of benzene rings is 2. The number of hydrogen-bond donors (Lipinski definition) is 2. The maximum atomic E-state index is 10.5. The van der Waals surface area contributed by atoms with Gasteiger partial charge < -0.3 is 9.84 Å². The zero-order valence-corrected chi connectivity index (χ0v) is 11.7. The second-order valence-electron chi connectivity index (χ2n) is 4.10. The van der Waals surface area contributed by atoms with E-state index < -0.39 is 12.6 Å². The van der Waals surface area contributed by atoms with Gasteiger partial charge >= 0.3 is 5.97 Å². The van der Waals surface area contributed by atoms with Gasteiger partial charge in [-0.2, -0.15) is 5.10 Å². The lowest BCUT2D eigenvalue weighted by Crippen LogP contribution is -2.10. The molecule has 2 aromatic rings. The van der Waals surface area contributed by atoms with E-state index in [4.69, 9.17) is 21.4 Å². The van der Waals surface area contributed by atoms with Gasteiger partial charge in [-0.15, -0.1) is 0 Å². The van der Waals surface area contributed by atoms with E-state index in [2.05, 4.69) is 10.5 Å². The third-order valence-corrected chi connectivity index (χ3v) is 2.73. The fraction of sp³-hybridized carbons (Fsp3) is 0.0667. The molecule has 0 atom stereocenters. The van der Waals surface area contributed by atoms with E-state index >= 15 is 0 Å². The topological polar surface area (TPSA) is 70.9 Å². The molecule has 0 radical (unpaired) electrons. The van der Waals surface area contributed by atoms with Crippen LogP contribution in [0.5, 0.6) is 5.75 Å². The summed E-state index contributed by atoms with van der Waals surface area (Å²) in [5, 5.41) is 13.3. The summed E-state index contributed by atoms with van der Waals surface area (Å²) in [4.78, 5) is 10.5. The fourth-order valence-electron chi connectivity index (χ4n) is 1.59. The molecule has 2 N–H and O–H groups in total. The summed E-state index contributed by atoms with van der Waals surface area (Å²) in [5.41, 5.74) is 4.27. The molecule has 0 aromatic heterocycles. The largest absolute Gasteiger partial charge is 0.481 e. The quantitative estimate of drug-likeness (QED) is 0.635. The van der Waals surface area contributed by atoms with Crippen LogP contribution in [-0.2, 0) is 4.79 Å². The standard InChI is InChI=1S/C15H13ClN2O3/c16-12-5-3-6-13(8-12)18-17-9-11-4-1-2-7-14(11)21-10-15(19)20/h1-9,18H,10H2,(H,19,20)/b17-9-. The van der Waals surface area contributed by atoms with Crippen molar-refractivity contribution in [2.24, 2.45) is 5.10 Å². The first-order chi connectivity index (χ1) is 10.1. The van der Waals surface area contributed by atoms with Crippen molar-refractivity contribution in [3.05, 3.63) is 59.1 Å². The molecule has 0 saturated heterocycles. The first kappa shape index (κ1) is 14.9. The van der Waals surface area contributed by atoms with Gasteiger partial charge in [0.15, 0.2) is 6.61 Å². The SMILES string of the molecule is O=C(O)COc1ccccc1/C=N\Nc1cccc(Cl)c1. The predicted octanol–water partition coefficient (Wildman–Crippen LogP) is 3.25. The molecule has 6 heteroatoms. The van der Waals surface area contributed by atoms with Crippen molar-refractivity contribution in [1.29, 1.82) is 0 Å². The van der Waals surface area contributed by atoms with E-state index in [1.165, 1.54) is 0 Å². The second kappa shape index (κ2) is 7.31. The highest BCUT2D eigenvalue weighted by Crippen LogP contribution is 2.17. The number of anilines is 1. The van der Waals surface area contributed by atoms with Crippen LogP contribution in [-0.4, -0.2) is 23.9 Å². The van der Waals surface area contributed by atoms with Crippen LogP contribution in [0.2, 0.25) is 5.02 Å². The second-order valence-corrected chi connectivity index (χ2v) is 4.54. The summed E-state index contributed by atoms with van der Waals surface area (Å²) in [6, 6.07) is 14.2. The van der Waals surface area contributed by atoms with Crippen molar-refractivity contribution in [3.63, 3.8) is 0 Å². The third-order valence-electron chi connectivity index (χ3n) is 2.49. The molecular formula is C15H13ClN2O3. The Morgan fingerprint density at radius 1 is 1.29 bits per heavy atom. The third kappa shape index (κ3) is 4.81. The molecule has 2 rings (SSSR count). The number of carboxylic acid groups (broad SMARTS) is 1. The number of nitrogens with one attached hydrogen (secondary N) is 1. The summed E-state index contributed by atoms with van der Waals surface area (Å²) < 4.78 is 5.18. The summed E-state index contributed by atoms with van der Waals surface area (Å²) in [6.07, 6.45) is 1.55. The molecule has 0 fully saturated rings. The number of carboxylic acids is 1. The van der Waals surface area contributed by atoms with Gasteiger partial charge in [0.25, 0.3) is 0 Å². The highest BCUT2D eigenvalue weighted by molar-refractivity contribution is 6.30. The first-order valence-electron chi connectivity index (χ1n) is 6.13. The fourth-order valence-corrected chi connectivity index (χ4v) is 1.78. The molecule has 0 saturated carbocycles. The summed E-state index contributed by atoms with van der Waals surface area (Å²) in [6.45, 7) is -0.396. The van der Waals surface area contributed by atoms with Gasteiger partial charge in [-0.05, 0) is 30.3 Å². The Morgan fingerprint density at radius 2 is 2.10 bits per heavy atom. The Bertz CT molecular complexity index is 659. The number of hydrogen-bond acceptors (Lipinski definition) is 4. The highest BCUT2D eigenvalue weighted by Gasteiger charge is 2.03. The molecule has 108 valence electrons. The maximum absolute atomic E-state index is 10.5. The minimum Gasteiger partial charge on any atom is -0.481 e. The predicted molar refractivity (Wildman–Crippen MR) is 82.2 cm³/mol. The van der Waals surface area contributed by atoms with Gasteiger partial charge in [0, 0.05) is 10.6 Å². The van der Waals surface area contributed by atoms with Crippen molar-refractivity contribution in [2.45, 2.75) is 0 Å². The van der Waals surface area contributed by atoms with E-state index in [1.807, 2.05) is 18.2 Å². The van der Waals surface area contributed by atoms with E-state index in [9.17, 15) is 4.79 Å². The van der Waals surface area contributed by atoms with Gasteiger partial charge in [0.2, 0.25) is 0 Å². The molecule has 0 amide bonds. The zero-order chi connectivity index (χ0) is 15.1. The molecule has 0 spiro atoms. The number of halogens is 1. The van der Waals surface area contributed by atoms with E-state index in [0.29, 0.717) is 16.3 Å². The van der Waals surface area contributed by atoms with Gasteiger partial charge in [0.1, 0.15) is 5.75 Å². The van der Waals surface area contributed by atoms with Crippen LogP contribution in [0.1, 0.15) is 5.56 Å². The lowest BCUT2D eigenvalue weighted by Gasteiger charge is -2.06. The van der Waals surface area contributed by atoms with Crippen LogP contribution in [0.3, 0.4) is 0 Å². The molecule has 0 aliphatic carbocycles. The van der Waals surface area contributed by atoms with Gasteiger partial charge in [0.05, 0.1) is 11.9 Å². The van der Waals surface area contributed by atoms with Crippen molar-refractivity contribution in [2.75, 3.05) is 12.0 Å². The molecular weight excluding hydrogens is 292 g/mol. The number of para-hydroxylation sites is 1. The molecule has 21 heavy (non-hydrogen) atoms. The summed E-state index contributed by atoms with van der Waals surface area (Å²) in [7, 11) is 0. The van der Waals surface area contributed by atoms with Crippen molar-refractivity contribution >= 4 is 29.5 Å². The number of rotatable bonds is 6. The number of ether oxygens (including phenoxy) is 1. The Kier molecular flexibility index (Phi) is 5.17. The van der Waals surface area contributed by atoms with E-state index in [0.717, 1.165) is 5.69 Å². The Morgan fingerprint density at radius 3 is 2.86 bits per heavy atom. The molecule has 0 unspecified atom stereocenters. The Balaban J connectivity index is 2.05. The van der Waals surface area contributed by atoms with Crippen LogP contribution < -0.4 is 10.2 Å². The zero-order valence-electron chi connectivity index (χ0n) is 11.0. The van der Waals surface area contributed by atoms with Gasteiger partial charge in [-0.3, -0.25) is 5.43 Å². The highest BCUT2D eigenvalue weighted by atomic mass is 35.5. The lowest BCUT2D eigenvalue weighted by molar-refractivity contribution is -0.139. The van der Waals surface area contributed by atoms with E-state index in [-0.39, 0.29) is 0 Å². The average Bonchev–Trinajstić information content (AvgIpc) is 2.46. The van der Waals surface area contributed by atoms with Crippen LogP contribution >= 0.6 is 11.6 Å². The van der Waals surface area contributed by atoms with Gasteiger partial charge in [-0.1, -0.05) is 29.8 Å². The molecule has 0 bridgehead atoms. The molecule has 0 aliphatic rings. The Labute approximate surface area is 126 Å². The molecule has 0 aliphatic heterocycles. The van der Waals surface area contributed by atoms with Crippen LogP contribution in [0.25, 0.3) is 0 Å². The van der Waals surface area contributed by atoms with Gasteiger partial charge in [-0.25, -0.2) is 4.79 Å². The minimum atomic E-state index is -1.03.